The molecule has 4 heteroatoms. The fourth-order valence-electron chi connectivity index (χ4n) is 3.37. The maximum absolute atomic E-state index is 12.7. The predicted molar refractivity (Wildman–Crippen MR) is 99.6 cm³/mol. The Morgan fingerprint density at radius 1 is 1.16 bits per heavy atom. The first-order valence-electron chi connectivity index (χ1n) is 8.87. The van der Waals surface area contributed by atoms with Gasteiger partial charge in [0.1, 0.15) is 5.75 Å². The van der Waals surface area contributed by atoms with Crippen LogP contribution in [0, 0.1) is 0 Å². The van der Waals surface area contributed by atoms with Crippen LogP contribution in [0.1, 0.15) is 30.9 Å². The third-order valence-electron chi connectivity index (χ3n) is 4.57. The number of hydrogen-bond acceptors (Lipinski definition) is 3. The van der Waals surface area contributed by atoms with Gasteiger partial charge in [-0.2, -0.15) is 0 Å². The molecule has 1 aliphatic heterocycles. The molecule has 2 aromatic rings. The second-order valence-electron chi connectivity index (χ2n) is 6.97. The Bertz CT molecular complexity index is 715. The molecule has 2 N–H and O–H groups in total. The lowest BCUT2D eigenvalue weighted by molar-refractivity contribution is -0.129. The number of nitrogens with two attached hydrogens (primary N) is 1. The third kappa shape index (κ3) is 4.40. The Balaban J connectivity index is 1.64. The smallest absolute Gasteiger partial charge is 0.227 e. The van der Waals surface area contributed by atoms with E-state index in [9.17, 15) is 4.79 Å². The summed E-state index contributed by atoms with van der Waals surface area (Å²) in [5.74, 6) is 1.14. The summed E-state index contributed by atoms with van der Waals surface area (Å²) in [6.45, 7) is 5.28. The van der Waals surface area contributed by atoms with Crippen molar-refractivity contribution in [3.63, 3.8) is 0 Å². The van der Waals surface area contributed by atoms with E-state index in [2.05, 4.69) is 12.1 Å². The minimum atomic E-state index is -0.0121. The lowest BCUT2D eigenvalue weighted by Crippen LogP contribution is -2.33. The molecule has 2 aromatic carbocycles. The highest BCUT2D eigenvalue weighted by molar-refractivity contribution is 5.79. The number of carbonyl (C=O) groups is 1. The first-order valence-corrected chi connectivity index (χ1v) is 8.87. The number of benzene rings is 2. The third-order valence-corrected chi connectivity index (χ3v) is 4.57. The molecule has 1 heterocycles. The second kappa shape index (κ2) is 7.70. The van der Waals surface area contributed by atoms with Crippen LogP contribution in [-0.4, -0.2) is 36.0 Å². The Kier molecular flexibility index (Phi) is 5.39. The van der Waals surface area contributed by atoms with E-state index >= 15 is 0 Å². The average molecular weight is 338 g/mol. The van der Waals surface area contributed by atoms with Crippen molar-refractivity contribution in [2.24, 2.45) is 5.73 Å². The van der Waals surface area contributed by atoms with E-state index in [1.807, 2.05) is 61.2 Å². The molecule has 1 amide bonds. The van der Waals surface area contributed by atoms with Crippen LogP contribution in [0.25, 0.3) is 0 Å². The summed E-state index contributed by atoms with van der Waals surface area (Å²) in [4.78, 5) is 14.6. The summed E-state index contributed by atoms with van der Waals surface area (Å²) in [5.41, 5.74) is 8.48. The quantitative estimate of drug-likeness (QED) is 0.912. The van der Waals surface area contributed by atoms with E-state index in [4.69, 9.17) is 10.5 Å². The molecule has 4 nitrogen and oxygen atoms in total. The van der Waals surface area contributed by atoms with Crippen molar-refractivity contribution < 1.29 is 9.53 Å². The number of carbonyl (C=O) groups excluding carboxylic acids is 1. The summed E-state index contributed by atoms with van der Waals surface area (Å²) in [7, 11) is 0. The summed E-state index contributed by atoms with van der Waals surface area (Å²) in [5, 5.41) is 0. The number of rotatable bonds is 5. The summed E-state index contributed by atoms with van der Waals surface area (Å²) < 4.78 is 5.71. The summed E-state index contributed by atoms with van der Waals surface area (Å²) >= 11 is 0. The Labute approximate surface area is 149 Å². The molecule has 0 saturated carbocycles. The molecule has 0 bridgehead atoms. The summed E-state index contributed by atoms with van der Waals surface area (Å²) in [6, 6.07) is 18.0. The molecule has 2 atom stereocenters. The fourth-order valence-corrected chi connectivity index (χ4v) is 3.37. The maximum atomic E-state index is 12.7. The molecule has 132 valence electrons. The van der Waals surface area contributed by atoms with Gasteiger partial charge in [0.05, 0.1) is 12.5 Å². The lowest BCUT2D eigenvalue weighted by atomic mass is 9.95. The van der Waals surface area contributed by atoms with E-state index < -0.39 is 0 Å². The Morgan fingerprint density at radius 2 is 1.92 bits per heavy atom. The highest BCUT2D eigenvalue weighted by atomic mass is 16.5. The van der Waals surface area contributed by atoms with Gasteiger partial charge in [0.15, 0.2) is 0 Å². The van der Waals surface area contributed by atoms with Gasteiger partial charge in [-0.1, -0.05) is 42.5 Å². The van der Waals surface area contributed by atoms with E-state index in [0.29, 0.717) is 19.5 Å². The normalized spacial score (nSPS) is 20.1. The van der Waals surface area contributed by atoms with Gasteiger partial charge in [-0.05, 0) is 37.1 Å². The predicted octanol–water partition coefficient (Wildman–Crippen LogP) is 2.97. The zero-order chi connectivity index (χ0) is 17.8. The van der Waals surface area contributed by atoms with E-state index in [1.54, 1.807) is 0 Å². The van der Waals surface area contributed by atoms with Crippen LogP contribution in [0.5, 0.6) is 5.75 Å². The van der Waals surface area contributed by atoms with Gasteiger partial charge in [0.25, 0.3) is 0 Å². The van der Waals surface area contributed by atoms with Crippen molar-refractivity contribution in [3.8, 4) is 5.75 Å². The fraction of sp³-hybridized carbons (Fsp3) is 0.381. The molecule has 1 fully saturated rings. The van der Waals surface area contributed by atoms with Crippen LogP contribution < -0.4 is 10.5 Å². The van der Waals surface area contributed by atoms with Gasteiger partial charge in [-0.3, -0.25) is 4.79 Å². The van der Waals surface area contributed by atoms with Crippen molar-refractivity contribution in [2.75, 3.05) is 13.1 Å². The van der Waals surface area contributed by atoms with Gasteiger partial charge in [-0.25, -0.2) is 0 Å². The van der Waals surface area contributed by atoms with Crippen molar-refractivity contribution >= 4 is 5.91 Å². The van der Waals surface area contributed by atoms with E-state index in [0.717, 1.165) is 11.3 Å². The van der Waals surface area contributed by atoms with Gasteiger partial charge in [-0.15, -0.1) is 0 Å². The van der Waals surface area contributed by atoms with Crippen LogP contribution in [-0.2, 0) is 11.2 Å². The maximum Gasteiger partial charge on any atom is 0.227 e. The molecule has 0 aromatic heterocycles. The topological polar surface area (TPSA) is 55.6 Å². The van der Waals surface area contributed by atoms with Gasteiger partial charge < -0.3 is 15.4 Å². The van der Waals surface area contributed by atoms with Gasteiger partial charge >= 0.3 is 0 Å². The minimum Gasteiger partial charge on any atom is -0.491 e. The molecular weight excluding hydrogens is 312 g/mol. The van der Waals surface area contributed by atoms with E-state index in [-0.39, 0.29) is 24.0 Å². The highest BCUT2D eigenvalue weighted by Gasteiger charge is 2.33. The molecule has 3 rings (SSSR count). The van der Waals surface area contributed by atoms with Crippen molar-refractivity contribution in [1.82, 2.24) is 4.90 Å². The average Bonchev–Trinajstić information content (AvgIpc) is 2.97. The first-order chi connectivity index (χ1) is 12.0. The SMILES string of the molecule is CC(C)Oc1cccc(CC(=O)N2C[C@@H](N)[C@H](c3ccccc3)C2)c1. The summed E-state index contributed by atoms with van der Waals surface area (Å²) in [6.07, 6.45) is 0.498. The number of likely N-dealkylation sites (tertiary alicyclic amines) is 1. The standard InChI is InChI=1S/C21H26N2O2/c1-15(2)25-18-10-6-7-16(11-18)12-21(24)23-13-19(20(22)14-23)17-8-4-3-5-9-17/h3-11,15,19-20H,12-14,22H2,1-2H3/t19-,20+/m0/s1. The van der Waals surface area contributed by atoms with Crippen LogP contribution >= 0.6 is 0 Å². The zero-order valence-corrected chi connectivity index (χ0v) is 14.9. The molecule has 1 saturated heterocycles. The molecule has 0 unspecified atom stereocenters. The molecule has 25 heavy (non-hydrogen) atoms. The Hall–Kier alpha value is -2.33. The van der Waals surface area contributed by atoms with Crippen LogP contribution in [0.15, 0.2) is 54.6 Å². The van der Waals surface area contributed by atoms with Crippen LogP contribution in [0.4, 0.5) is 0 Å². The Morgan fingerprint density at radius 3 is 2.64 bits per heavy atom. The molecule has 1 aliphatic rings. The number of amides is 1. The van der Waals surface area contributed by atoms with E-state index in [1.165, 1.54) is 5.56 Å². The molecule has 0 radical (unpaired) electrons. The van der Waals surface area contributed by atoms with Crippen molar-refractivity contribution in [2.45, 2.75) is 38.3 Å². The van der Waals surface area contributed by atoms with Crippen LogP contribution in [0.2, 0.25) is 0 Å². The van der Waals surface area contributed by atoms with Crippen LogP contribution in [0.3, 0.4) is 0 Å². The molecule has 0 aliphatic carbocycles. The van der Waals surface area contributed by atoms with Crippen molar-refractivity contribution in [1.29, 1.82) is 0 Å². The molecule has 0 spiro atoms. The number of ether oxygens (including phenoxy) is 1. The van der Waals surface area contributed by atoms with Gasteiger partial charge in [0, 0.05) is 25.0 Å². The lowest BCUT2D eigenvalue weighted by Gasteiger charge is -2.17. The number of hydrogen-bond donors (Lipinski definition) is 1. The number of nitrogens with zero attached hydrogens (tertiary/aromatic N) is 1. The second-order valence-corrected chi connectivity index (χ2v) is 6.97. The molecular formula is C21H26N2O2. The largest absolute Gasteiger partial charge is 0.491 e. The van der Waals surface area contributed by atoms with Gasteiger partial charge in [0.2, 0.25) is 5.91 Å². The van der Waals surface area contributed by atoms with Crippen molar-refractivity contribution in [3.05, 3.63) is 65.7 Å². The first kappa shape index (κ1) is 17.5. The zero-order valence-electron chi connectivity index (χ0n) is 14.9. The monoisotopic (exact) mass is 338 g/mol. The minimum absolute atomic E-state index is 0.0121. The highest BCUT2D eigenvalue weighted by Crippen LogP contribution is 2.27.